The lowest BCUT2D eigenvalue weighted by atomic mass is 10.1. The van der Waals surface area contributed by atoms with E-state index in [0.717, 1.165) is 15.7 Å². The zero-order valence-corrected chi connectivity index (χ0v) is 13.7. The Morgan fingerprint density at radius 1 is 1.00 bits per heavy atom. The van der Waals surface area contributed by atoms with Crippen molar-refractivity contribution >= 4 is 27.5 Å². The fourth-order valence-corrected chi connectivity index (χ4v) is 2.33. The molecule has 0 spiro atoms. The number of rotatable bonds is 5. The van der Waals surface area contributed by atoms with Gasteiger partial charge in [0.2, 0.25) is 5.91 Å². The average Bonchev–Trinajstić information content (AvgIpc) is 2.48. The molecule has 2 unspecified atom stereocenters. The van der Waals surface area contributed by atoms with Crippen molar-refractivity contribution in [2.24, 2.45) is 0 Å². The van der Waals surface area contributed by atoms with Crippen LogP contribution >= 0.6 is 15.9 Å². The summed E-state index contributed by atoms with van der Waals surface area (Å²) in [6, 6.07) is 17.4. The molecule has 2 aromatic carbocycles. The van der Waals surface area contributed by atoms with E-state index in [1.807, 2.05) is 61.5 Å². The van der Waals surface area contributed by atoms with Crippen molar-refractivity contribution in [3.8, 4) is 0 Å². The van der Waals surface area contributed by atoms with E-state index in [1.54, 1.807) is 0 Å². The number of hydrogen-bond donors (Lipinski definition) is 2. The Balaban J connectivity index is 1.92. The van der Waals surface area contributed by atoms with E-state index in [4.69, 9.17) is 0 Å². The van der Waals surface area contributed by atoms with E-state index in [0.29, 0.717) is 0 Å². The summed E-state index contributed by atoms with van der Waals surface area (Å²) in [5, 5.41) is 6.21. The molecule has 0 aliphatic heterocycles. The second kappa shape index (κ2) is 7.38. The van der Waals surface area contributed by atoms with Crippen LogP contribution in [0.5, 0.6) is 0 Å². The van der Waals surface area contributed by atoms with Crippen LogP contribution in [0.4, 0.5) is 5.69 Å². The number of benzene rings is 2. The highest BCUT2D eigenvalue weighted by Gasteiger charge is 2.16. The zero-order valence-electron chi connectivity index (χ0n) is 12.1. The van der Waals surface area contributed by atoms with E-state index < -0.39 is 0 Å². The molecule has 0 bridgehead atoms. The van der Waals surface area contributed by atoms with Crippen LogP contribution < -0.4 is 10.6 Å². The summed E-state index contributed by atoms with van der Waals surface area (Å²) in [6.07, 6.45) is 0. The van der Waals surface area contributed by atoms with Crippen molar-refractivity contribution in [2.75, 3.05) is 5.32 Å². The number of nitrogens with one attached hydrogen (secondary N) is 2. The maximum Gasteiger partial charge on any atom is 0.241 e. The van der Waals surface area contributed by atoms with Crippen LogP contribution in [0.3, 0.4) is 0 Å². The van der Waals surface area contributed by atoms with E-state index >= 15 is 0 Å². The molecule has 1 amide bonds. The molecule has 2 aromatic rings. The van der Waals surface area contributed by atoms with Gasteiger partial charge in [0.1, 0.15) is 0 Å². The predicted molar refractivity (Wildman–Crippen MR) is 90.2 cm³/mol. The molecule has 0 fully saturated rings. The maximum atomic E-state index is 12.2. The third kappa shape index (κ3) is 4.69. The van der Waals surface area contributed by atoms with Crippen LogP contribution in [-0.4, -0.2) is 11.9 Å². The molecule has 2 atom stereocenters. The first-order chi connectivity index (χ1) is 10.1. The highest BCUT2D eigenvalue weighted by molar-refractivity contribution is 9.10. The quantitative estimate of drug-likeness (QED) is 0.854. The summed E-state index contributed by atoms with van der Waals surface area (Å²) in [4.78, 5) is 12.2. The summed E-state index contributed by atoms with van der Waals surface area (Å²) in [7, 11) is 0. The molecule has 21 heavy (non-hydrogen) atoms. The Bertz CT molecular complexity index is 583. The van der Waals surface area contributed by atoms with Crippen molar-refractivity contribution in [3.63, 3.8) is 0 Å². The summed E-state index contributed by atoms with van der Waals surface area (Å²) < 4.78 is 1.05. The second-order valence-corrected chi connectivity index (χ2v) is 5.93. The molecule has 2 N–H and O–H groups in total. The molecule has 0 saturated carbocycles. The Morgan fingerprint density at radius 2 is 1.62 bits per heavy atom. The van der Waals surface area contributed by atoms with Crippen LogP contribution in [-0.2, 0) is 4.79 Å². The third-order valence-electron chi connectivity index (χ3n) is 3.30. The summed E-state index contributed by atoms with van der Waals surface area (Å²) >= 11 is 3.42. The van der Waals surface area contributed by atoms with Gasteiger partial charge in [-0.1, -0.05) is 46.3 Å². The number of para-hydroxylation sites is 1. The molecule has 110 valence electrons. The molecule has 4 heteroatoms. The van der Waals surface area contributed by atoms with E-state index in [-0.39, 0.29) is 18.0 Å². The minimum atomic E-state index is -0.274. The summed E-state index contributed by atoms with van der Waals surface area (Å²) in [5.74, 6) is -0.0369. The molecule has 2 rings (SSSR count). The van der Waals surface area contributed by atoms with Crippen molar-refractivity contribution in [1.82, 2.24) is 5.32 Å². The highest BCUT2D eigenvalue weighted by atomic mass is 79.9. The molecule has 0 aromatic heterocycles. The van der Waals surface area contributed by atoms with Crippen molar-refractivity contribution < 1.29 is 4.79 Å². The first-order valence-corrected chi connectivity index (χ1v) is 7.73. The van der Waals surface area contributed by atoms with Gasteiger partial charge in [0.25, 0.3) is 0 Å². The van der Waals surface area contributed by atoms with Crippen LogP contribution in [0.15, 0.2) is 59.1 Å². The number of amides is 1. The lowest BCUT2D eigenvalue weighted by Gasteiger charge is -2.20. The normalized spacial score (nSPS) is 13.5. The van der Waals surface area contributed by atoms with Gasteiger partial charge in [-0.25, -0.2) is 0 Å². The van der Waals surface area contributed by atoms with Crippen molar-refractivity contribution in [1.29, 1.82) is 0 Å². The van der Waals surface area contributed by atoms with Gasteiger partial charge in [-0.3, -0.25) is 10.1 Å². The Hall–Kier alpha value is -1.65. The summed E-state index contributed by atoms with van der Waals surface area (Å²) in [6.45, 7) is 3.92. The predicted octanol–water partition coefficient (Wildman–Crippen LogP) is 4.13. The van der Waals surface area contributed by atoms with Crippen LogP contribution in [0.1, 0.15) is 25.5 Å². The van der Waals surface area contributed by atoms with Crippen LogP contribution in [0.25, 0.3) is 0 Å². The van der Waals surface area contributed by atoms with Gasteiger partial charge in [-0.15, -0.1) is 0 Å². The second-order valence-electron chi connectivity index (χ2n) is 5.02. The topological polar surface area (TPSA) is 41.1 Å². The average molecular weight is 347 g/mol. The van der Waals surface area contributed by atoms with E-state index in [9.17, 15) is 4.79 Å². The lowest BCUT2D eigenvalue weighted by molar-refractivity contribution is -0.117. The van der Waals surface area contributed by atoms with Crippen LogP contribution in [0.2, 0.25) is 0 Å². The Kier molecular flexibility index (Phi) is 5.53. The highest BCUT2D eigenvalue weighted by Crippen LogP contribution is 2.17. The minimum Gasteiger partial charge on any atom is -0.325 e. The van der Waals surface area contributed by atoms with Crippen LogP contribution in [0, 0.1) is 0 Å². The van der Waals surface area contributed by atoms with Gasteiger partial charge in [0.05, 0.1) is 6.04 Å². The van der Waals surface area contributed by atoms with E-state index in [1.165, 1.54) is 0 Å². The Morgan fingerprint density at radius 3 is 2.24 bits per heavy atom. The van der Waals surface area contributed by atoms with Gasteiger partial charge < -0.3 is 5.32 Å². The van der Waals surface area contributed by atoms with E-state index in [2.05, 4.69) is 33.5 Å². The summed E-state index contributed by atoms with van der Waals surface area (Å²) in [5.41, 5.74) is 1.96. The first-order valence-electron chi connectivity index (χ1n) is 6.93. The molecule has 0 radical (unpaired) electrons. The minimum absolute atomic E-state index is 0.0369. The monoisotopic (exact) mass is 346 g/mol. The fraction of sp³-hybridized carbons (Fsp3) is 0.235. The molecule has 0 heterocycles. The third-order valence-corrected chi connectivity index (χ3v) is 3.83. The van der Waals surface area contributed by atoms with Gasteiger partial charge in [-0.05, 0) is 43.7 Å². The number of halogens is 1. The van der Waals surface area contributed by atoms with Gasteiger partial charge in [-0.2, -0.15) is 0 Å². The zero-order chi connectivity index (χ0) is 15.2. The van der Waals surface area contributed by atoms with Crippen molar-refractivity contribution in [3.05, 3.63) is 64.6 Å². The molecule has 0 aliphatic carbocycles. The number of carbonyl (C=O) groups is 1. The maximum absolute atomic E-state index is 12.2. The standard InChI is InChI=1S/C17H19BrN2O/c1-12(14-8-10-15(18)11-9-14)19-13(2)17(21)20-16-6-4-3-5-7-16/h3-13,19H,1-2H3,(H,20,21). The van der Waals surface area contributed by atoms with Crippen molar-refractivity contribution in [2.45, 2.75) is 25.9 Å². The van der Waals surface area contributed by atoms with Gasteiger partial charge >= 0.3 is 0 Å². The first kappa shape index (κ1) is 15.7. The fourth-order valence-electron chi connectivity index (χ4n) is 2.07. The number of carbonyl (C=O) groups excluding carboxylic acids is 1. The smallest absolute Gasteiger partial charge is 0.241 e. The molecule has 3 nitrogen and oxygen atoms in total. The molecular weight excluding hydrogens is 328 g/mol. The largest absolute Gasteiger partial charge is 0.325 e. The van der Waals surface area contributed by atoms with Gasteiger partial charge in [0, 0.05) is 16.2 Å². The number of hydrogen-bond acceptors (Lipinski definition) is 2. The Labute approximate surface area is 133 Å². The molecule has 0 aliphatic rings. The molecular formula is C17H19BrN2O. The SMILES string of the molecule is CC(NC(C)c1ccc(Br)cc1)C(=O)Nc1ccccc1. The van der Waals surface area contributed by atoms with Gasteiger partial charge in [0.15, 0.2) is 0 Å². The molecule has 0 saturated heterocycles. The number of anilines is 1. The lowest BCUT2D eigenvalue weighted by Crippen LogP contribution is -2.39.